The second kappa shape index (κ2) is 5.62. The average Bonchev–Trinajstić information content (AvgIpc) is 3.20. The molecule has 24 heavy (non-hydrogen) atoms. The molecule has 0 aliphatic heterocycles. The van der Waals surface area contributed by atoms with E-state index in [9.17, 15) is 4.79 Å². The van der Waals surface area contributed by atoms with Gasteiger partial charge < -0.3 is 20.0 Å². The summed E-state index contributed by atoms with van der Waals surface area (Å²) in [5, 5.41) is 10.5. The number of hydrogen-bond donors (Lipinski definition) is 4. The number of aromatic nitrogens is 4. The van der Waals surface area contributed by atoms with Gasteiger partial charge in [0.05, 0.1) is 23.8 Å². The molecule has 4 N–H and O–H groups in total. The number of anilines is 2. The van der Waals surface area contributed by atoms with E-state index in [2.05, 4.69) is 25.5 Å². The number of hydrogen-bond acceptors (Lipinski definition) is 4. The molecule has 0 aliphatic carbocycles. The van der Waals surface area contributed by atoms with Gasteiger partial charge in [0.25, 0.3) is 0 Å². The average molecular weight is 321 g/mol. The number of H-pyrrole nitrogens is 3. The summed E-state index contributed by atoms with van der Waals surface area (Å²) in [6.45, 7) is 0. The van der Waals surface area contributed by atoms with Crippen LogP contribution in [0.3, 0.4) is 0 Å². The molecule has 4 aromatic rings. The Labute approximate surface area is 136 Å². The van der Waals surface area contributed by atoms with Crippen molar-refractivity contribution < 1.29 is 4.74 Å². The minimum Gasteiger partial charge on any atom is -0.497 e. The van der Waals surface area contributed by atoms with Gasteiger partial charge >= 0.3 is 5.69 Å². The highest BCUT2D eigenvalue weighted by atomic mass is 16.5. The monoisotopic (exact) mass is 321 g/mol. The topological polar surface area (TPSA) is 98.6 Å². The number of imidazole rings is 1. The third-order valence-corrected chi connectivity index (χ3v) is 3.77. The molecule has 0 bridgehead atoms. The Morgan fingerprint density at radius 2 is 1.79 bits per heavy atom. The van der Waals surface area contributed by atoms with Gasteiger partial charge in [-0.1, -0.05) is 0 Å². The number of benzene rings is 2. The Morgan fingerprint density at radius 3 is 2.58 bits per heavy atom. The van der Waals surface area contributed by atoms with Crippen molar-refractivity contribution in [3.63, 3.8) is 0 Å². The summed E-state index contributed by atoms with van der Waals surface area (Å²) in [4.78, 5) is 16.8. The summed E-state index contributed by atoms with van der Waals surface area (Å²) in [5.74, 6) is 1.50. The van der Waals surface area contributed by atoms with E-state index >= 15 is 0 Å². The maximum atomic E-state index is 11.3. The molecule has 2 heterocycles. The molecule has 7 nitrogen and oxygen atoms in total. The fourth-order valence-electron chi connectivity index (χ4n) is 2.56. The Kier molecular flexibility index (Phi) is 3.31. The van der Waals surface area contributed by atoms with Crippen LogP contribution in [-0.2, 0) is 0 Å². The normalized spacial score (nSPS) is 10.9. The van der Waals surface area contributed by atoms with Gasteiger partial charge in [0.15, 0.2) is 5.82 Å². The molecule has 2 aromatic heterocycles. The fraction of sp³-hybridized carbons (Fsp3) is 0.0588. The zero-order valence-corrected chi connectivity index (χ0v) is 12.9. The lowest BCUT2D eigenvalue weighted by atomic mass is 10.1. The van der Waals surface area contributed by atoms with Crippen LogP contribution in [0.5, 0.6) is 5.75 Å². The SMILES string of the molecule is COc1ccc(-c2cc(Nc3ccc4[nH]c(=O)[nH]c4c3)n[nH]2)cc1. The van der Waals surface area contributed by atoms with Gasteiger partial charge in [-0.3, -0.25) is 5.10 Å². The van der Waals surface area contributed by atoms with Crippen LogP contribution in [0.15, 0.2) is 53.3 Å². The van der Waals surface area contributed by atoms with E-state index < -0.39 is 0 Å². The van der Waals surface area contributed by atoms with Crippen molar-refractivity contribution in [1.29, 1.82) is 0 Å². The third kappa shape index (κ3) is 2.63. The van der Waals surface area contributed by atoms with Gasteiger partial charge in [0, 0.05) is 11.8 Å². The predicted molar refractivity (Wildman–Crippen MR) is 92.8 cm³/mol. The number of aromatic amines is 3. The van der Waals surface area contributed by atoms with E-state index in [1.54, 1.807) is 7.11 Å². The fourth-order valence-corrected chi connectivity index (χ4v) is 2.56. The summed E-state index contributed by atoms with van der Waals surface area (Å²) in [5.41, 5.74) is 4.05. The van der Waals surface area contributed by atoms with Crippen LogP contribution in [0, 0.1) is 0 Å². The van der Waals surface area contributed by atoms with Gasteiger partial charge in [-0.05, 0) is 48.0 Å². The van der Waals surface area contributed by atoms with E-state index in [1.165, 1.54) is 0 Å². The van der Waals surface area contributed by atoms with Crippen LogP contribution in [0.2, 0.25) is 0 Å². The third-order valence-electron chi connectivity index (χ3n) is 3.77. The highest BCUT2D eigenvalue weighted by molar-refractivity contribution is 5.80. The molecular formula is C17H15N5O2. The van der Waals surface area contributed by atoms with Crippen molar-refractivity contribution in [2.45, 2.75) is 0 Å². The number of nitrogens with one attached hydrogen (secondary N) is 4. The zero-order valence-electron chi connectivity index (χ0n) is 12.9. The highest BCUT2D eigenvalue weighted by Gasteiger charge is 2.06. The first kappa shape index (κ1) is 14.1. The first-order valence-electron chi connectivity index (χ1n) is 7.40. The number of methoxy groups -OCH3 is 1. The van der Waals surface area contributed by atoms with E-state index in [0.717, 1.165) is 33.7 Å². The standard InChI is InChI=1S/C17H15N5O2/c1-24-12-5-2-10(3-6-12)14-9-16(22-21-14)18-11-4-7-13-15(8-11)20-17(23)19-13/h2-9H,1H3,(H2,18,21,22)(H2,19,20,23). The van der Waals surface area contributed by atoms with Gasteiger partial charge in [-0.25, -0.2) is 4.79 Å². The van der Waals surface area contributed by atoms with E-state index in [4.69, 9.17) is 4.74 Å². The molecule has 0 fully saturated rings. The lowest BCUT2D eigenvalue weighted by Crippen LogP contribution is -1.99. The van der Waals surface area contributed by atoms with Crippen molar-refractivity contribution in [1.82, 2.24) is 20.2 Å². The van der Waals surface area contributed by atoms with Crippen LogP contribution < -0.4 is 15.7 Å². The molecule has 0 unspecified atom stereocenters. The second-order valence-corrected chi connectivity index (χ2v) is 5.36. The molecule has 0 radical (unpaired) electrons. The van der Waals surface area contributed by atoms with Gasteiger partial charge in [0.2, 0.25) is 0 Å². The van der Waals surface area contributed by atoms with Crippen LogP contribution in [0.25, 0.3) is 22.3 Å². The molecule has 0 spiro atoms. The Hall–Kier alpha value is -3.48. The van der Waals surface area contributed by atoms with Crippen molar-refractivity contribution in [3.8, 4) is 17.0 Å². The first-order valence-corrected chi connectivity index (χ1v) is 7.40. The van der Waals surface area contributed by atoms with Crippen LogP contribution in [0.4, 0.5) is 11.5 Å². The summed E-state index contributed by atoms with van der Waals surface area (Å²) < 4.78 is 5.16. The number of nitrogens with zero attached hydrogens (tertiary/aromatic N) is 1. The maximum absolute atomic E-state index is 11.3. The Morgan fingerprint density at radius 1 is 1.00 bits per heavy atom. The molecular weight excluding hydrogens is 306 g/mol. The maximum Gasteiger partial charge on any atom is 0.323 e. The smallest absolute Gasteiger partial charge is 0.323 e. The molecule has 2 aromatic carbocycles. The van der Waals surface area contributed by atoms with Crippen LogP contribution in [-0.4, -0.2) is 27.3 Å². The van der Waals surface area contributed by atoms with Gasteiger partial charge in [-0.15, -0.1) is 0 Å². The van der Waals surface area contributed by atoms with Crippen molar-refractivity contribution in [2.24, 2.45) is 0 Å². The minimum atomic E-state index is -0.219. The number of rotatable bonds is 4. The number of ether oxygens (including phenoxy) is 1. The molecule has 0 aliphatic rings. The summed E-state index contributed by atoms with van der Waals surface area (Å²) in [7, 11) is 1.64. The van der Waals surface area contributed by atoms with Gasteiger partial charge in [0.1, 0.15) is 5.75 Å². The lowest BCUT2D eigenvalue weighted by Gasteiger charge is -2.02. The molecule has 0 amide bonds. The highest BCUT2D eigenvalue weighted by Crippen LogP contribution is 2.24. The van der Waals surface area contributed by atoms with E-state index in [-0.39, 0.29) is 5.69 Å². The lowest BCUT2D eigenvalue weighted by molar-refractivity contribution is 0.415. The zero-order chi connectivity index (χ0) is 16.5. The molecule has 0 atom stereocenters. The first-order chi connectivity index (χ1) is 11.7. The molecule has 4 rings (SSSR count). The van der Waals surface area contributed by atoms with Crippen molar-refractivity contribution in [2.75, 3.05) is 12.4 Å². The predicted octanol–water partition coefficient (Wildman–Crippen LogP) is 3.00. The molecule has 0 saturated heterocycles. The second-order valence-electron chi connectivity index (χ2n) is 5.36. The van der Waals surface area contributed by atoms with Crippen LogP contribution in [0.1, 0.15) is 0 Å². The molecule has 7 heteroatoms. The number of fused-ring (bicyclic) bond motifs is 1. The Bertz CT molecular complexity index is 1040. The molecule has 120 valence electrons. The van der Waals surface area contributed by atoms with Crippen molar-refractivity contribution in [3.05, 3.63) is 59.0 Å². The Balaban J connectivity index is 1.58. The van der Waals surface area contributed by atoms with E-state index in [1.807, 2.05) is 48.5 Å². The quantitative estimate of drug-likeness (QED) is 0.464. The summed E-state index contributed by atoms with van der Waals surface area (Å²) in [6, 6.07) is 15.2. The summed E-state index contributed by atoms with van der Waals surface area (Å²) >= 11 is 0. The molecule has 0 saturated carbocycles. The van der Waals surface area contributed by atoms with Gasteiger partial charge in [-0.2, -0.15) is 5.10 Å². The van der Waals surface area contributed by atoms with E-state index in [0.29, 0.717) is 5.82 Å². The van der Waals surface area contributed by atoms with Crippen molar-refractivity contribution >= 4 is 22.5 Å². The minimum absolute atomic E-state index is 0.219. The summed E-state index contributed by atoms with van der Waals surface area (Å²) in [6.07, 6.45) is 0. The largest absolute Gasteiger partial charge is 0.497 e. The van der Waals surface area contributed by atoms with Crippen LogP contribution >= 0.6 is 0 Å².